The van der Waals surface area contributed by atoms with Crippen LogP contribution >= 0.6 is 15.9 Å². The van der Waals surface area contributed by atoms with Crippen LogP contribution in [0.4, 0.5) is 0 Å². The highest BCUT2D eigenvalue weighted by Gasteiger charge is 2.10. The molecule has 0 aliphatic rings. The second-order valence-corrected chi connectivity index (χ2v) is 5.33. The van der Waals surface area contributed by atoms with Crippen LogP contribution in [0.5, 0.6) is 0 Å². The fourth-order valence-corrected chi connectivity index (χ4v) is 2.15. The number of nitrogens with one attached hydrogen (secondary N) is 1. The third-order valence-corrected chi connectivity index (χ3v) is 4.18. The van der Waals surface area contributed by atoms with E-state index in [-0.39, 0.29) is 0 Å². The van der Waals surface area contributed by atoms with Crippen molar-refractivity contribution in [2.75, 3.05) is 13.1 Å². The van der Waals surface area contributed by atoms with Gasteiger partial charge in [0.2, 0.25) is 11.7 Å². The Labute approximate surface area is 121 Å². The summed E-state index contributed by atoms with van der Waals surface area (Å²) >= 11 is 3.56. The Hall–Kier alpha value is -1.20. The Morgan fingerprint density at radius 1 is 1.26 bits per heavy atom. The molecule has 5 heteroatoms. The molecule has 0 aliphatic carbocycles. The lowest BCUT2D eigenvalue weighted by atomic mass is 10.1. The first-order valence-corrected chi connectivity index (χ1v) is 7.21. The number of nitrogens with zero attached hydrogens (tertiary/aromatic N) is 2. The molecule has 0 aliphatic heterocycles. The van der Waals surface area contributed by atoms with Crippen molar-refractivity contribution in [1.82, 2.24) is 15.5 Å². The standard InChI is InChI=1S/C14H18BrN3O/c1-4-16-6-5-12-17-14(18-19-12)11-7-9(2)13(15)10(3)8-11/h7-8,16H,4-6H2,1-3H3. The highest BCUT2D eigenvalue weighted by Crippen LogP contribution is 2.27. The lowest BCUT2D eigenvalue weighted by molar-refractivity contribution is 0.377. The smallest absolute Gasteiger partial charge is 0.228 e. The van der Waals surface area contributed by atoms with Crippen LogP contribution in [0.15, 0.2) is 21.1 Å². The zero-order valence-corrected chi connectivity index (χ0v) is 13.0. The highest BCUT2D eigenvalue weighted by molar-refractivity contribution is 9.10. The fourth-order valence-electron chi connectivity index (χ4n) is 1.92. The zero-order valence-electron chi connectivity index (χ0n) is 11.5. The second-order valence-electron chi connectivity index (χ2n) is 4.54. The average Bonchev–Trinajstić information content (AvgIpc) is 2.84. The van der Waals surface area contributed by atoms with Gasteiger partial charge < -0.3 is 9.84 Å². The van der Waals surface area contributed by atoms with E-state index in [1.807, 2.05) is 0 Å². The number of rotatable bonds is 5. The summed E-state index contributed by atoms with van der Waals surface area (Å²) in [5.74, 6) is 1.33. The van der Waals surface area contributed by atoms with Crippen LogP contribution in [0.2, 0.25) is 0 Å². The molecule has 4 nitrogen and oxygen atoms in total. The van der Waals surface area contributed by atoms with Crippen molar-refractivity contribution in [2.45, 2.75) is 27.2 Å². The molecule has 0 saturated carbocycles. The van der Waals surface area contributed by atoms with Gasteiger partial charge in [-0.25, -0.2) is 0 Å². The van der Waals surface area contributed by atoms with Gasteiger partial charge in [-0.2, -0.15) is 4.98 Å². The summed E-state index contributed by atoms with van der Waals surface area (Å²) in [7, 11) is 0. The number of aryl methyl sites for hydroxylation is 2. The molecule has 102 valence electrons. The predicted molar refractivity (Wildman–Crippen MR) is 79.2 cm³/mol. The van der Waals surface area contributed by atoms with Gasteiger partial charge in [-0.05, 0) is 43.7 Å². The molecular weight excluding hydrogens is 306 g/mol. The molecule has 19 heavy (non-hydrogen) atoms. The molecule has 0 atom stereocenters. The van der Waals surface area contributed by atoms with E-state index in [0.717, 1.165) is 29.5 Å². The zero-order chi connectivity index (χ0) is 13.8. The first kappa shape index (κ1) is 14.2. The summed E-state index contributed by atoms with van der Waals surface area (Å²) in [6.07, 6.45) is 0.759. The quantitative estimate of drug-likeness (QED) is 0.858. The van der Waals surface area contributed by atoms with Gasteiger partial charge in [0, 0.05) is 23.0 Å². The van der Waals surface area contributed by atoms with Gasteiger partial charge in [-0.15, -0.1) is 0 Å². The van der Waals surface area contributed by atoms with Gasteiger partial charge in [0.05, 0.1) is 0 Å². The number of hydrogen-bond acceptors (Lipinski definition) is 4. The van der Waals surface area contributed by atoms with Crippen LogP contribution in [0.25, 0.3) is 11.4 Å². The lowest BCUT2D eigenvalue weighted by Gasteiger charge is -2.04. The van der Waals surface area contributed by atoms with Gasteiger partial charge in [-0.1, -0.05) is 28.0 Å². The number of halogens is 1. The molecule has 2 aromatic rings. The van der Waals surface area contributed by atoms with Crippen LogP contribution in [0.3, 0.4) is 0 Å². The van der Waals surface area contributed by atoms with Crippen molar-refractivity contribution < 1.29 is 4.52 Å². The summed E-state index contributed by atoms with van der Waals surface area (Å²) in [4.78, 5) is 4.43. The van der Waals surface area contributed by atoms with Crippen LogP contribution in [-0.2, 0) is 6.42 Å². The van der Waals surface area contributed by atoms with Crippen molar-refractivity contribution >= 4 is 15.9 Å². The summed E-state index contributed by atoms with van der Waals surface area (Å²) in [5.41, 5.74) is 3.35. The maximum atomic E-state index is 5.26. The molecular formula is C14H18BrN3O. The Morgan fingerprint density at radius 3 is 2.58 bits per heavy atom. The molecule has 0 unspecified atom stereocenters. The maximum absolute atomic E-state index is 5.26. The number of likely N-dealkylation sites (N-methyl/N-ethyl adjacent to an activating group) is 1. The molecule has 1 N–H and O–H groups in total. The molecule has 1 heterocycles. The van der Waals surface area contributed by atoms with Crippen molar-refractivity contribution in [1.29, 1.82) is 0 Å². The normalized spacial score (nSPS) is 10.9. The first-order chi connectivity index (χ1) is 9.11. The Balaban J connectivity index is 2.18. The molecule has 1 aromatic carbocycles. The van der Waals surface area contributed by atoms with Gasteiger partial charge in [0.1, 0.15) is 0 Å². The van der Waals surface area contributed by atoms with E-state index in [2.05, 4.69) is 64.3 Å². The molecule has 0 amide bonds. The van der Waals surface area contributed by atoms with E-state index in [9.17, 15) is 0 Å². The van der Waals surface area contributed by atoms with Crippen molar-refractivity contribution in [3.05, 3.63) is 33.6 Å². The largest absolute Gasteiger partial charge is 0.339 e. The van der Waals surface area contributed by atoms with Gasteiger partial charge in [0.15, 0.2) is 0 Å². The van der Waals surface area contributed by atoms with Gasteiger partial charge in [-0.3, -0.25) is 0 Å². The van der Waals surface area contributed by atoms with E-state index in [4.69, 9.17) is 4.52 Å². The molecule has 0 radical (unpaired) electrons. The van der Waals surface area contributed by atoms with E-state index in [0.29, 0.717) is 11.7 Å². The minimum atomic E-state index is 0.658. The van der Waals surface area contributed by atoms with Crippen molar-refractivity contribution in [3.8, 4) is 11.4 Å². The van der Waals surface area contributed by atoms with E-state index >= 15 is 0 Å². The van der Waals surface area contributed by atoms with Crippen LogP contribution in [-0.4, -0.2) is 23.2 Å². The third kappa shape index (κ3) is 3.42. The number of aromatic nitrogens is 2. The Kier molecular flexibility index (Phi) is 4.71. The predicted octanol–water partition coefficient (Wildman–Crippen LogP) is 3.27. The average molecular weight is 324 g/mol. The Morgan fingerprint density at radius 2 is 1.95 bits per heavy atom. The maximum Gasteiger partial charge on any atom is 0.228 e. The lowest BCUT2D eigenvalue weighted by Crippen LogP contribution is -2.16. The fraction of sp³-hybridized carbons (Fsp3) is 0.429. The summed E-state index contributed by atoms with van der Waals surface area (Å²) in [6.45, 7) is 8.01. The molecule has 2 rings (SSSR count). The summed E-state index contributed by atoms with van der Waals surface area (Å²) in [5, 5.41) is 7.29. The van der Waals surface area contributed by atoms with E-state index < -0.39 is 0 Å². The van der Waals surface area contributed by atoms with E-state index in [1.54, 1.807) is 0 Å². The number of hydrogen-bond donors (Lipinski definition) is 1. The summed E-state index contributed by atoms with van der Waals surface area (Å²) < 4.78 is 6.39. The van der Waals surface area contributed by atoms with Crippen molar-refractivity contribution in [3.63, 3.8) is 0 Å². The molecule has 0 bridgehead atoms. The topological polar surface area (TPSA) is 51.0 Å². The van der Waals surface area contributed by atoms with Gasteiger partial charge >= 0.3 is 0 Å². The van der Waals surface area contributed by atoms with Crippen molar-refractivity contribution in [2.24, 2.45) is 0 Å². The molecule has 1 aromatic heterocycles. The minimum Gasteiger partial charge on any atom is -0.339 e. The third-order valence-electron chi connectivity index (χ3n) is 2.93. The van der Waals surface area contributed by atoms with Crippen LogP contribution < -0.4 is 5.32 Å². The number of benzene rings is 1. The SMILES string of the molecule is CCNCCc1nc(-c2cc(C)c(Br)c(C)c2)no1. The monoisotopic (exact) mass is 323 g/mol. The van der Waals surface area contributed by atoms with Crippen LogP contribution in [0, 0.1) is 13.8 Å². The minimum absolute atomic E-state index is 0.658. The highest BCUT2D eigenvalue weighted by atomic mass is 79.9. The summed E-state index contributed by atoms with van der Waals surface area (Å²) in [6, 6.07) is 4.13. The molecule has 0 saturated heterocycles. The van der Waals surface area contributed by atoms with E-state index in [1.165, 1.54) is 11.1 Å². The molecule has 0 spiro atoms. The first-order valence-electron chi connectivity index (χ1n) is 6.42. The van der Waals surface area contributed by atoms with Gasteiger partial charge in [0.25, 0.3) is 0 Å². The van der Waals surface area contributed by atoms with Crippen LogP contribution in [0.1, 0.15) is 23.9 Å². The molecule has 0 fully saturated rings. The second kappa shape index (κ2) is 6.30. The Bertz CT molecular complexity index is 543.